The van der Waals surface area contributed by atoms with Gasteiger partial charge in [0.05, 0.1) is 10.9 Å². The fourth-order valence-electron chi connectivity index (χ4n) is 1.99. The number of nitrogens with two attached hydrogens (primary N) is 1. The van der Waals surface area contributed by atoms with Crippen LogP contribution in [0.4, 0.5) is 5.13 Å². The van der Waals surface area contributed by atoms with Crippen LogP contribution in [-0.4, -0.2) is 31.4 Å². The van der Waals surface area contributed by atoms with Gasteiger partial charge in [0.1, 0.15) is 4.88 Å². The van der Waals surface area contributed by atoms with Gasteiger partial charge in [-0.25, -0.2) is 4.98 Å². The molecule has 0 aliphatic carbocycles. The molecule has 0 aromatic carbocycles. The van der Waals surface area contributed by atoms with Gasteiger partial charge < -0.3 is 10.3 Å². The van der Waals surface area contributed by atoms with E-state index in [4.69, 9.17) is 10.3 Å². The highest BCUT2D eigenvalue weighted by Gasteiger charge is 2.30. The number of anilines is 1. The van der Waals surface area contributed by atoms with Gasteiger partial charge in [0.25, 0.3) is 5.89 Å². The van der Waals surface area contributed by atoms with Crippen LogP contribution in [0.1, 0.15) is 30.6 Å². The van der Waals surface area contributed by atoms with E-state index in [-0.39, 0.29) is 0 Å². The summed E-state index contributed by atoms with van der Waals surface area (Å²) in [6.07, 6.45) is 0. The Morgan fingerprint density at radius 3 is 2.70 bits per heavy atom. The molecule has 0 bridgehead atoms. The molecule has 0 radical (unpaired) electrons. The lowest BCUT2D eigenvalue weighted by Gasteiger charge is -2.29. The number of thiazole rings is 1. The van der Waals surface area contributed by atoms with Crippen molar-refractivity contribution < 1.29 is 4.52 Å². The Kier molecular flexibility index (Phi) is 3.96. The summed E-state index contributed by atoms with van der Waals surface area (Å²) in [5, 5.41) is 6.25. The van der Waals surface area contributed by atoms with E-state index in [0.29, 0.717) is 26.8 Å². The second-order valence-corrected chi connectivity index (χ2v) is 8.82. The molecule has 2 aromatic heterocycles. The number of nitrogens with zero attached hydrogens (tertiary/aromatic N) is 3. The first-order chi connectivity index (χ1) is 9.54. The lowest BCUT2D eigenvalue weighted by molar-refractivity contribution is 0.423. The molecule has 0 saturated carbocycles. The van der Waals surface area contributed by atoms with Crippen molar-refractivity contribution in [2.45, 2.75) is 36.5 Å². The van der Waals surface area contributed by atoms with Crippen LogP contribution >= 0.6 is 34.9 Å². The predicted molar refractivity (Wildman–Crippen MR) is 86.3 cm³/mol. The molecule has 1 fully saturated rings. The summed E-state index contributed by atoms with van der Waals surface area (Å²) in [5.74, 6) is 2.34. The summed E-state index contributed by atoms with van der Waals surface area (Å²) in [6, 6.07) is 0. The number of thioether (sulfide) groups is 2. The molecule has 2 aromatic rings. The van der Waals surface area contributed by atoms with Crippen molar-refractivity contribution in [1.29, 1.82) is 0 Å². The Morgan fingerprint density at radius 2 is 2.05 bits per heavy atom. The topological polar surface area (TPSA) is 77.8 Å². The van der Waals surface area contributed by atoms with Gasteiger partial charge in [-0.05, 0) is 6.92 Å². The van der Waals surface area contributed by atoms with Crippen LogP contribution in [0.3, 0.4) is 0 Å². The number of nitrogen functional groups attached to an aromatic ring is 1. The van der Waals surface area contributed by atoms with Gasteiger partial charge in [-0.2, -0.15) is 16.7 Å². The maximum Gasteiger partial charge on any atom is 0.270 e. The molecule has 1 saturated heterocycles. The zero-order chi connectivity index (χ0) is 14.3. The van der Waals surface area contributed by atoms with Crippen LogP contribution in [0.15, 0.2) is 4.52 Å². The van der Waals surface area contributed by atoms with E-state index in [9.17, 15) is 0 Å². The Balaban J connectivity index is 1.82. The third-order valence-corrected chi connectivity index (χ3v) is 7.65. The zero-order valence-electron chi connectivity index (χ0n) is 11.5. The fourth-order valence-corrected chi connectivity index (χ4v) is 5.58. The highest BCUT2D eigenvalue weighted by Crippen LogP contribution is 2.43. The molecule has 0 amide bonds. The van der Waals surface area contributed by atoms with Crippen molar-refractivity contribution in [3.8, 4) is 10.8 Å². The third kappa shape index (κ3) is 2.68. The molecule has 1 aliphatic rings. The van der Waals surface area contributed by atoms with E-state index >= 15 is 0 Å². The van der Waals surface area contributed by atoms with E-state index in [0.717, 1.165) is 22.1 Å². The maximum atomic E-state index is 5.71. The molecule has 3 heterocycles. The van der Waals surface area contributed by atoms with E-state index in [1.54, 1.807) is 0 Å². The Bertz CT molecular complexity index is 612. The number of hydrogen-bond donors (Lipinski definition) is 1. The molecular formula is C12H16N4OS3. The number of rotatable bonds is 2. The van der Waals surface area contributed by atoms with Gasteiger partial charge in [-0.1, -0.05) is 30.3 Å². The summed E-state index contributed by atoms with van der Waals surface area (Å²) in [5.41, 5.74) is 6.55. The Hall–Kier alpha value is -0.730. The van der Waals surface area contributed by atoms with Gasteiger partial charge >= 0.3 is 0 Å². The second-order valence-electron chi connectivity index (χ2n) is 4.79. The van der Waals surface area contributed by atoms with E-state index in [1.165, 1.54) is 11.3 Å². The van der Waals surface area contributed by atoms with E-state index in [1.807, 2.05) is 30.4 Å². The van der Waals surface area contributed by atoms with Crippen LogP contribution in [0, 0.1) is 6.92 Å². The molecule has 1 aliphatic heterocycles. The highest BCUT2D eigenvalue weighted by molar-refractivity contribution is 8.07. The van der Waals surface area contributed by atoms with Crippen LogP contribution in [0.5, 0.6) is 0 Å². The minimum Gasteiger partial charge on any atom is -0.375 e. The first-order valence-electron chi connectivity index (χ1n) is 6.38. The van der Waals surface area contributed by atoms with Crippen LogP contribution in [-0.2, 0) is 0 Å². The van der Waals surface area contributed by atoms with Crippen molar-refractivity contribution in [3.63, 3.8) is 0 Å². The molecular weight excluding hydrogens is 312 g/mol. The van der Waals surface area contributed by atoms with Gasteiger partial charge in [0.2, 0.25) is 0 Å². The minimum atomic E-state index is 0.300. The van der Waals surface area contributed by atoms with Crippen LogP contribution in [0.2, 0.25) is 0 Å². The van der Waals surface area contributed by atoms with Crippen LogP contribution in [0.25, 0.3) is 10.8 Å². The van der Waals surface area contributed by atoms with Crippen molar-refractivity contribution in [2.24, 2.45) is 0 Å². The smallest absolute Gasteiger partial charge is 0.270 e. The summed E-state index contributed by atoms with van der Waals surface area (Å²) in [6.45, 7) is 6.42. The quantitative estimate of drug-likeness (QED) is 0.905. The van der Waals surface area contributed by atoms with Gasteiger partial charge in [0.15, 0.2) is 11.0 Å². The molecule has 3 unspecified atom stereocenters. The first-order valence-corrected chi connectivity index (χ1v) is 9.19. The first kappa shape index (κ1) is 14.2. The average Bonchev–Trinajstić information content (AvgIpc) is 2.99. The Labute approximate surface area is 130 Å². The third-order valence-electron chi connectivity index (χ3n) is 3.29. The predicted octanol–water partition coefficient (Wildman–Crippen LogP) is 3.38. The van der Waals surface area contributed by atoms with Crippen molar-refractivity contribution in [3.05, 3.63) is 11.5 Å². The molecule has 0 spiro atoms. The lowest BCUT2D eigenvalue weighted by Crippen LogP contribution is -2.22. The lowest BCUT2D eigenvalue weighted by atomic mass is 10.3. The van der Waals surface area contributed by atoms with Crippen molar-refractivity contribution in [1.82, 2.24) is 15.1 Å². The van der Waals surface area contributed by atoms with Gasteiger partial charge in [-0.15, -0.1) is 11.8 Å². The minimum absolute atomic E-state index is 0.300. The largest absolute Gasteiger partial charge is 0.375 e. The van der Waals surface area contributed by atoms with Gasteiger partial charge in [0, 0.05) is 16.3 Å². The highest BCUT2D eigenvalue weighted by atomic mass is 32.2. The molecule has 20 heavy (non-hydrogen) atoms. The molecule has 3 rings (SSSR count). The molecule has 2 N–H and O–H groups in total. The monoisotopic (exact) mass is 328 g/mol. The standard InChI is InChI=1S/C12H16N4OS3/c1-5-9(20-12(13)14-5)11-15-10(16-17-11)8-4-18-6(2)7(3)19-8/h6-8H,4H2,1-3H3,(H2,13,14). The molecule has 108 valence electrons. The molecule has 8 heteroatoms. The molecule has 5 nitrogen and oxygen atoms in total. The van der Waals surface area contributed by atoms with Crippen LogP contribution < -0.4 is 5.73 Å². The summed E-state index contributed by atoms with van der Waals surface area (Å²) in [4.78, 5) is 9.60. The number of hydrogen-bond acceptors (Lipinski definition) is 8. The Morgan fingerprint density at radius 1 is 1.25 bits per heavy atom. The summed E-state index contributed by atoms with van der Waals surface area (Å²) in [7, 11) is 0. The average molecular weight is 328 g/mol. The summed E-state index contributed by atoms with van der Waals surface area (Å²) >= 11 is 5.28. The van der Waals surface area contributed by atoms with Crippen molar-refractivity contribution >= 4 is 40.0 Å². The molecule has 3 atom stereocenters. The summed E-state index contributed by atoms with van der Waals surface area (Å²) < 4.78 is 5.39. The van der Waals surface area contributed by atoms with Gasteiger partial charge in [-0.3, -0.25) is 0 Å². The number of aryl methyl sites for hydroxylation is 1. The SMILES string of the molecule is Cc1nc(N)sc1-c1nc(C2CSC(C)C(C)S2)no1. The zero-order valence-corrected chi connectivity index (χ0v) is 13.9. The second kappa shape index (κ2) is 5.57. The maximum absolute atomic E-state index is 5.71. The van der Waals surface area contributed by atoms with Crippen molar-refractivity contribution in [2.75, 3.05) is 11.5 Å². The van der Waals surface area contributed by atoms with E-state index in [2.05, 4.69) is 29.0 Å². The number of aromatic nitrogens is 3. The normalized spacial score (nSPS) is 26.9. The van der Waals surface area contributed by atoms with E-state index < -0.39 is 0 Å². The fraction of sp³-hybridized carbons (Fsp3) is 0.583.